The molecule has 0 spiro atoms. The number of rotatable bonds is 7. The van der Waals surface area contributed by atoms with Gasteiger partial charge in [0, 0.05) is 12.1 Å². The number of nitrogens with zero attached hydrogens (tertiary/aromatic N) is 2. The van der Waals surface area contributed by atoms with Crippen LogP contribution in [-0.2, 0) is 24.1 Å². The van der Waals surface area contributed by atoms with E-state index in [-0.39, 0.29) is 12.2 Å². The molecule has 0 radical (unpaired) electrons. The van der Waals surface area contributed by atoms with E-state index in [1.165, 1.54) is 29.8 Å². The van der Waals surface area contributed by atoms with E-state index in [2.05, 4.69) is 0 Å². The number of aliphatic carboxylic acids is 1. The molecule has 0 unspecified atom stereocenters. The van der Waals surface area contributed by atoms with Crippen molar-refractivity contribution in [2.75, 3.05) is 0 Å². The Morgan fingerprint density at radius 1 is 1.12 bits per heavy atom. The molecule has 24 heavy (non-hydrogen) atoms. The number of aryl methyl sites for hydroxylation is 1. The predicted octanol–water partition coefficient (Wildman–Crippen LogP) is 4.08. The lowest BCUT2D eigenvalue weighted by molar-refractivity contribution is -0.137. The minimum absolute atomic E-state index is 0.238. The summed E-state index contributed by atoms with van der Waals surface area (Å²) in [5.74, 6) is -0.966. The van der Waals surface area contributed by atoms with Gasteiger partial charge < -0.3 is 5.11 Å². The van der Waals surface area contributed by atoms with Gasteiger partial charge in [0.1, 0.15) is 5.82 Å². The summed E-state index contributed by atoms with van der Waals surface area (Å²) in [6.45, 7) is 0. The van der Waals surface area contributed by atoms with Crippen molar-refractivity contribution >= 4 is 5.97 Å². The summed E-state index contributed by atoms with van der Waals surface area (Å²) in [6, 6.07) is 6.48. The minimum atomic E-state index is -0.729. The number of unbranched alkanes of at least 4 members (excludes halogenated alkanes) is 2. The first-order valence-corrected chi connectivity index (χ1v) is 8.72. The van der Waals surface area contributed by atoms with Crippen molar-refractivity contribution < 1.29 is 14.3 Å². The Morgan fingerprint density at radius 2 is 1.88 bits per heavy atom. The van der Waals surface area contributed by atoms with E-state index in [4.69, 9.17) is 10.2 Å². The molecule has 0 aliphatic heterocycles. The fourth-order valence-corrected chi connectivity index (χ4v) is 3.42. The molecule has 5 heteroatoms. The smallest absolute Gasteiger partial charge is 0.303 e. The molecule has 0 saturated heterocycles. The van der Waals surface area contributed by atoms with E-state index < -0.39 is 5.97 Å². The molecule has 0 bridgehead atoms. The fraction of sp³-hybridized carbons (Fsp3) is 0.474. The zero-order valence-electron chi connectivity index (χ0n) is 13.8. The molecule has 128 valence electrons. The largest absolute Gasteiger partial charge is 0.481 e. The standard InChI is InChI=1S/C19H23FN2O2/c20-14-10-12-15(13-11-14)22-18-8-5-4-6-16(18)17(21-22)7-2-1-3-9-19(23)24/h10-13H,1-9H2,(H,23,24). The minimum Gasteiger partial charge on any atom is -0.481 e. The Morgan fingerprint density at radius 3 is 2.62 bits per heavy atom. The maximum atomic E-state index is 13.2. The first kappa shape index (κ1) is 16.7. The molecule has 4 nitrogen and oxygen atoms in total. The molecule has 1 heterocycles. The lowest BCUT2D eigenvalue weighted by Crippen LogP contribution is -2.07. The highest BCUT2D eigenvalue weighted by Gasteiger charge is 2.21. The Labute approximate surface area is 141 Å². The average Bonchev–Trinajstić information content (AvgIpc) is 2.94. The van der Waals surface area contributed by atoms with Gasteiger partial charge in [0.15, 0.2) is 0 Å². The van der Waals surface area contributed by atoms with Crippen LogP contribution in [0.25, 0.3) is 5.69 Å². The molecule has 0 fully saturated rings. The molecule has 1 N–H and O–H groups in total. The van der Waals surface area contributed by atoms with E-state index in [1.54, 1.807) is 12.1 Å². The molecule has 1 aromatic carbocycles. The SMILES string of the molecule is O=C(O)CCCCCc1nn(-c2ccc(F)cc2)c2c1CCCC2. The van der Waals surface area contributed by atoms with Gasteiger partial charge >= 0.3 is 5.97 Å². The Bertz CT molecular complexity index is 707. The zero-order chi connectivity index (χ0) is 16.9. The van der Waals surface area contributed by atoms with Crippen molar-refractivity contribution in [1.29, 1.82) is 0 Å². The predicted molar refractivity (Wildman–Crippen MR) is 90.0 cm³/mol. The quantitative estimate of drug-likeness (QED) is 0.778. The monoisotopic (exact) mass is 330 g/mol. The van der Waals surface area contributed by atoms with Crippen molar-refractivity contribution in [3.63, 3.8) is 0 Å². The van der Waals surface area contributed by atoms with Gasteiger partial charge in [-0.25, -0.2) is 9.07 Å². The van der Waals surface area contributed by atoms with E-state index in [0.29, 0.717) is 0 Å². The fourth-order valence-electron chi connectivity index (χ4n) is 3.42. The molecule has 1 aliphatic carbocycles. The second-order valence-electron chi connectivity index (χ2n) is 6.42. The van der Waals surface area contributed by atoms with Gasteiger partial charge in [0.05, 0.1) is 11.4 Å². The molecule has 0 amide bonds. The number of fused-ring (bicyclic) bond motifs is 1. The van der Waals surface area contributed by atoms with Crippen LogP contribution in [0.15, 0.2) is 24.3 Å². The van der Waals surface area contributed by atoms with E-state index in [0.717, 1.165) is 56.3 Å². The highest BCUT2D eigenvalue weighted by Crippen LogP contribution is 2.28. The number of aromatic nitrogens is 2. The Kier molecular flexibility index (Phi) is 5.28. The second kappa shape index (κ2) is 7.60. The molecule has 0 atom stereocenters. The van der Waals surface area contributed by atoms with Crippen LogP contribution in [0.2, 0.25) is 0 Å². The zero-order valence-corrected chi connectivity index (χ0v) is 13.8. The topological polar surface area (TPSA) is 55.1 Å². The van der Waals surface area contributed by atoms with Crippen LogP contribution in [0.5, 0.6) is 0 Å². The summed E-state index contributed by atoms with van der Waals surface area (Å²) in [6.07, 6.45) is 8.13. The van der Waals surface area contributed by atoms with Crippen LogP contribution in [-0.4, -0.2) is 20.9 Å². The van der Waals surface area contributed by atoms with Crippen molar-refractivity contribution in [2.45, 2.75) is 57.8 Å². The van der Waals surface area contributed by atoms with Gasteiger partial charge in [0.2, 0.25) is 0 Å². The molecule has 1 aliphatic rings. The maximum absolute atomic E-state index is 13.2. The van der Waals surface area contributed by atoms with Gasteiger partial charge in [-0.1, -0.05) is 6.42 Å². The molecular formula is C19H23FN2O2. The summed E-state index contributed by atoms with van der Waals surface area (Å²) >= 11 is 0. The van der Waals surface area contributed by atoms with Crippen molar-refractivity contribution in [1.82, 2.24) is 9.78 Å². The summed E-state index contributed by atoms with van der Waals surface area (Å²) < 4.78 is 15.1. The number of halogens is 1. The third-order valence-corrected chi connectivity index (χ3v) is 4.64. The highest BCUT2D eigenvalue weighted by atomic mass is 19.1. The first-order valence-electron chi connectivity index (χ1n) is 8.72. The van der Waals surface area contributed by atoms with Gasteiger partial charge in [-0.15, -0.1) is 0 Å². The van der Waals surface area contributed by atoms with Gasteiger partial charge in [0.25, 0.3) is 0 Å². The molecular weight excluding hydrogens is 307 g/mol. The summed E-state index contributed by atoms with van der Waals surface area (Å²) in [4.78, 5) is 10.6. The van der Waals surface area contributed by atoms with Crippen LogP contribution in [0, 0.1) is 5.82 Å². The van der Waals surface area contributed by atoms with Crippen LogP contribution in [0.3, 0.4) is 0 Å². The lowest BCUT2D eigenvalue weighted by Gasteiger charge is -2.14. The Balaban J connectivity index is 1.75. The van der Waals surface area contributed by atoms with E-state index in [1.807, 2.05) is 4.68 Å². The molecule has 3 rings (SSSR count). The number of hydrogen-bond acceptors (Lipinski definition) is 2. The third kappa shape index (κ3) is 3.83. The van der Waals surface area contributed by atoms with Crippen molar-refractivity contribution in [2.24, 2.45) is 0 Å². The number of carboxylic acid groups (broad SMARTS) is 1. The van der Waals surface area contributed by atoms with Crippen LogP contribution < -0.4 is 0 Å². The summed E-state index contributed by atoms with van der Waals surface area (Å²) in [5, 5.41) is 13.5. The third-order valence-electron chi connectivity index (χ3n) is 4.64. The van der Waals surface area contributed by atoms with Gasteiger partial charge in [-0.05, 0) is 74.8 Å². The number of carboxylic acids is 1. The van der Waals surface area contributed by atoms with Crippen molar-refractivity contribution in [3.8, 4) is 5.69 Å². The van der Waals surface area contributed by atoms with Crippen LogP contribution >= 0.6 is 0 Å². The second-order valence-corrected chi connectivity index (χ2v) is 6.42. The van der Waals surface area contributed by atoms with E-state index >= 15 is 0 Å². The number of hydrogen-bond donors (Lipinski definition) is 1. The maximum Gasteiger partial charge on any atom is 0.303 e. The normalized spacial score (nSPS) is 13.7. The molecule has 2 aromatic rings. The lowest BCUT2D eigenvalue weighted by atomic mass is 9.94. The highest BCUT2D eigenvalue weighted by molar-refractivity contribution is 5.66. The van der Waals surface area contributed by atoms with Gasteiger partial charge in [-0.3, -0.25) is 4.79 Å². The summed E-state index contributed by atoms with van der Waals surface area (Å²) in [5.41, 5.74) is 4.65. The first-order chi connectivity index (χ1) is 11.6. The van der Waals surface area contributed by atoms with Crippen LogP contribution in [0.1, 0.15) is 55.5 Å². The molecule has 0 saturated carbocycles. The average molecular weight is 330 g/mol. The van der Waals surface area contributed by atoms with Crippen LogP contribution in [0.4, 0.5) is 4.39 Å². The number of carbonyl (C=O) groups is 1. The van der Waals surface area contributed by atoms with Crippen molar-refractivity contribution in [3.05, 3.63) is 47.0 Å². The molecule has 1 aromatic heterocycles. The van der Waals surface area contributed by atoms with E-state index in [9.17, 15) is 9.18 Å². The Hall–Kier alpha value is -2.17. The summed E-state index contributed by atoms with van der Waals surface area (Å²) in [7, 11) is 0. The number of benzene rings is 1. The van der Waals surface area contributed by atoms with Gasteiger partial charge in [-0.2, -0.15) is 5.10 Å².